The molecule has 9 heteroatoms. The zero-order valence-corrected chi connectivity index (χ0v) is 24.3. The molecular formula is C29H36Cl3N3O3. The Morgan fingerprint density at radius 2 is 1.76 bits per heavy atom. The van der Waals surface area contributed by atoms with Crippen LogP contribution in [0.1, 0.15) is 72.0 Å². The molecule has 3 heterocycles. The van der Waals surface area contributed by atoms with Gasteiger partial charge in [0.05, 0.1) is 23.2 Å². The first-order valence-corrected chi connectivity index (χ1v) is 14.0. The molecule has 6 nitrogen and oxygen atoms in total. The maximum absolute atomic E-state index is 13.2. The number of rotatable bonds is 7. The van der Waals surface area contributed by atoms with Crippen LogP contribution in [0.4, 0.5) is 0 Å². The van der Waals surface area contributed by atoms with Crippen LogP contribution in [0.2, 0.25) is 10.0 Å². The van der Waals surface area contributed by atoms with Crippen molar-refractivity contribution in [2.24, 2.45) is 0 Å². The summed E-state index contributed by atoms with van der Waals surface area (Å²) in [6, 6.07) is 11.9. The molecule has 2 unspecified atom stereocenters. The van der Waals surface area contributed by atoms with E-state index in [0.29, 0.717) is 39.7 Å². The summed E-state index contributed by atoms with van der Waals surface area (Å²) in [7, 11) is 3.50. The third-order valence-corrected chi connectivity index (χ3v) is 9.15. The second-order valence-electron chi connectivity index (χ2n) is 10.5. The SMILES string of the molecule is COc1ccc2c(c1)C(=O)N(C)C2C(CCN1CCC(N2CCCCC2=O)CC1)c1ccc(Cl)c(Cl)c1.Cl. The third-order valence-electron chi connectivity index (χ3n) is 8.41. The molecule has 206 valence electrons. The molecule has 0 spiro atoms. The van der Waals surface area contributed by atoms with Crippen LogP contribution < -0.4 is 4.74 Å². The molecule has 0 aliphatic carbocycles. The van der Waals surface area contributed by atoms with E-state index in [9.17, 15) is 9.59 Å². The number of amides is 2. The van der Waals surface area contributed by atoms with E-state index in [2.05, 4.69) is 9.80 Å². The topological polar surface area (TPSA) is 53.1 Å². The van der Waals surface area contributed by atoms with Crippen LogP contribution in [0.5, 0.6) is 5.75 Å². The van der Waals surface area contributed by atoms with Crippen molar-refractivity contribution in [2.45, 2.75) is 56.5 Å². The standard InChI is InChI=1S/C29H35Cl2N3O3.ClH/c1-32-28(23-8-7-21(37-2)18-24(23)29(32)36)22(19-6-9-25(30)26(31)17-19)12-16-33-14-10-20(11-15-33)34-13-4-3-5-27(34)35;/h6-9,17-18,20,22,28H,3-5,10-16H2,1-2H3;1H. The molecule has 0 aromatic heterocycles. The number of carbonyl (C=O) groups excluding carboxylic acids is 2. The number of ether oxygens (including phenoxy) is 1. The zero-order valence-electron chi connectivity index (χ0n) is 22.0. The van der Waals surface area contributed by atoms with Gasteiger partial charge in [0.1, 0.15) is 5.75 Å². The van der Waals surface area contributed by atoms with E-state index >= 15 is 0 Å². The van der Waals surface area contributed by atoms with Gasteiger partial charge in [0.2, 0.25) is 5.91 Å². The zero-order chi connectivity index (χ0) is 26.1. The summed E-state index contributed by atoms with van der Waals surface area (Å²) in [5.41, 5.74) is 2.80. The van der Waals surface area contributed by atoms with E-state index < -0.39 is 0 Å². The van der Waals surface area contributed by atoms with E-state index in [-0.39, 0.29) is 30.3 Å². The van der Waals surface area contributed by atoms with Gasteiger partial charge in [-0.05, 0) is 74.0 Å². The second kappa shape index (κ2) is 12.5. The molecule has 2 atom stereocenters. The molecule has 0 bridgehead atoms. The first-order chi connectivity index (χ1) is 17.9. The fourth-order valence-electron chi connectivity index (χ4n) is 6.36. The predicted octanol–water partition coefficient (Wildman–Crippen LogP) is 6.20. The minimum atomic E-state index is -0.103. The highest BCUT2D eigenvalue weighted by molar-refractivity contribution is 6.42. The van der Waals surface area contributed by atoms with Gasteiger partial charge in [0.25, 0.3) is 5.91 Å². The Bertz CT molecular complexity index is 1170. The number of likely N-dealkylation sites (N-methyl/N-ethyl adjacent to an activating group) is 1. The van der Waals surface area contributed by atoms with Crippen molar-refractivity contribution in [3.63, 3.8) is 0 Å². The molecule has 0 radical (unpaired) electrons. The van der Waals surface area contributed by atoms with E-state index in [1.807, 2.05) is 48.3 Å². The summed E-state index contributed by atoms with van der Waals surface area (Å²) in [6.07, 6.45) is 5.77. The van der Waals surface area contributed by atoms with Gasteiger partial charge >= 0.3 is 0 Å². The van der Waals surface area contributed by atoms with Crippen LogP contribution in [0.25, 0.3) is 0 Å². The lowest BCUT2D eigenvalue weighted by Gasteiger charge is -2.41. The number of methoxy groups -OCH3 is 1. The second-order valence-corrected chi connectivity index (χ2v) is 11.3. The molecule has 2 amide bonds. The summed E-state index contributed by atoms with van der Waals surface area (Å²) >= 11 is 12.7. The highest BCUT2D eigenvalue weighted by Gasteiger charge is 2.40. The molecule has 38 heavy (non-hydrogen) atoms. The van der Waals surface area contributed by atoms with Crippen molar-refractivity contribution in [2.75, 3.05) is 40.3 Å². The number of hydrogen-bond acceptors (Lipinski definition) is 4. The van der Waals surface area contributed by atoms with Crippen LogP contribution in [0, 0.1) is 0 Å². The number of halogens is 3. The quantitative estimate of drug-likeness (QED) is 0.391. The molecule has 0 N–H and O–H groups in total. The molecule has 0 saturated carbocycles. The number of piperidine rings is 2. The number of carbonyl (C=O) groups is 2. The number of likely N-dealkylation sites (tertiary alicyclic amines) is 2. The van der Waals surface area contributed by atoms with Gasteiger partial charge in [-0.1, -0.05) is 35.3 Å². The van der Waals surface area contributed by atoms with Crippen molar-refractivity contribution in [1.82, 2.24) is 14.7 Å². The highest BCUT2D eigenvalue weighted by Crippen LogP contribution is 2.45. The molecule has 3 aliphatic rings. The molecular weight excluding hydrogens is 545 g/mol. The first kappa shape index (κ1) is 29.0. The van der Waals surface area contributed by atoms with Crippen molar-refractivity contribution < 1.29 is 14.3 Å². The monoisotopic (exact) mass is 579 g/mol. The Balaban J connectivity index is 0.00000336. The van der Waals surface area contributed by atoms with E-state index in [0.717, 1.165) is 69.4 Å². The number of fused-ring (bicyclic) bond motifs is 1. The molecule has 5 rings (SSSR count). The highest BCUT2D eigenvalue weighted by atomic mass is 35.5. The van der Waals surface area contributed by atoms with Gasteiger partial charge in [-0.2, -0.15) is 0 Å². The van der Waals surface area contributed by atoms with Gasteiger partial charge in [-0.15, -0.1) is 12.4 Å². The van der Waals surface area contributed by atoms with Crippen LogP contribution >= 0.6 is 35.6 Å². The average Bonchev–Trinajstić information content (AvgIpc) is 3.16. The molecule has 3 aliphatic heterocycles. The maximum Gasteiger partial charge on any atom is 0.254 e. The molecule has 2 aromatic rings. The first-order valence-electron chi connectivity index (χ1n) is 13.3. The van der Waals surface area contributed by atoms with E-state index in [1.54, 1.807) is 7.11 Å². The number of hydrogen-bond donors (Lipinski definition) is 0. The normalized spacial score (nSPS) is 21.3. The maximum atomic E-state index is 13.2. The van der Waals surface area contributed by atoms with Crippen molar-refractivity contribution in [1.29, 1.82) is 0 Å². The Morgan fingerprint density at radius 3 is 2.45 bits per heavy atom. The minimum Gasteiger partial charge on any atom is -0.497 e. The summed E-state index contributed by atoms with van der Waals surface area (Å²) in [4.78, 5) is 32.1. The molecule has 2 saturated heterocycles. The molecule has 2 fully saturated rings. The minimum absolute atomic E-state index is 0. The summed E-state index contributed by atoms with van der Waals surface area (Å²) in [5, 5.41) is 1.05. The predicted molar refractivity (Wildman–Crippen MR) is 154 cm³/mol. The van der Waals surface area contributed by atoms with Crippen molar-refractivity contribution >= 4 is 47.4 Å². The van der Waals surface area contributed by atoms with Gasteiger partial charge in [0.15, 0.2) is 0 Å². The third kappa shape index (κ3) is 5.79. The van der Waals surface area contributed by atoms with Gasteiger partial charge in [0, 0.05) is 50.6 Å². The lowest BCUT2D eigenvalue weighted by molar-refractivity contribution is -0.136. The van der Waals surface area contributed by atoms with E-state index in [4.69, 9.17) is 27.9 Å². The fraction of sp³-hybridized carbons (Fsp3) is 0.517. The van der Waals surface area contributed by atoms with Gasteiger partial charge in [-0.25, -0.2) is 0 Å². The fourth-order valence-corrected chi connectivity index (χ4v) is 6.66. The van der Waals surface area contributed by atoms with Gasteiger partial charge in [-0.3, -0.25) is 9.59 Å². The van der Waals surface area contributed by atoms with Crippen LogP contribution in [0.15, 0.2) is 36.4 Å². The largest absolute Gasteiger partial charge is 0.497 e. The smallest absolute Gasteiger partial charge is 0.254 e. The summed E-state index contributed by atoms with van der Waals surface area (Å²) in [6.45, 7) is 3.79. The summed E-state index contributed by atoms with van der Waals surface area (Å²) < 4.78 is 5.38. The van der Waals surface area contributed by atoms with Crippen LogP contribution in [-0.2, 0) is 4.79 Å². The van der Waals surface area contributed by atoms with Gasteiger partial charge < -0.3 is 19.4 Å². The van der Waals surface area contributed by atoms with Crippen molar-refractivity contribution in [3.05, 3.63) is 63.1 Å². The van der Waals surface area contributed by atoms with Crippen LogP contribution in [0.3, 0.4) is 0 Å². The number of nitrogens with zero attached hydrogens (tertiary/aromatic N) is 3. The number of benzene rings is 2. The average molecular weight is 581 g/mol. The van der Waals surface area contributed by atoms with Crippen molar-refractivity contribution in [3.8, 4) is 5.75 Å². The van der Waals surface area contributed by atoms with E-state index in [1.165, 1.54) is 0 Å². The lowest BCUT2D eigenvalue weighted by Crippen LogP contribution is -2.49. The Labute approximate surface area is 241 Å². The Hall–Kier alpha value is -1.99. The Kier molecular flexibility index (Phi) is 9.51. The molecule has 2 aromatic carbocycles. The van der Waals surface area contributed by atoms with Crippen LogP contribution in [-0.4, -0.2) is 72.9 Å². The summed E-state index contributed by atoms with van der Waals surface area (Å²) in [5.74, 6) is 1.08. The Morgan fingerprint density at radius 1 is 1.00 bits per heavy atom. The lowest BCUT2D eigenvalue weighted by atomic mass is 9.84.